The molecule has 1 aliphatic carbocycles. The first-order valence-corrected chi connectivity index (χ1v) is 8.63. The molecule has 0 aromatic carbocycles. The van der Waals surface area contributed by atoms with Crippen LogP contribution < -0.4 is 4.72 Å². The van der Waals surface area contributed by atoms with E-state index in [2.05, 4.69) is 4.72 Å². The maximum absolute atomic E-state index is 12.3. The molecule has 0 saturated heterocycles. The Bertz CT molecular complexity index is 599. The first kappa shape index (κ1) is 15.4. The predicted molar refractivity (Wildman–Crippen MR) is 74.6 cm³/mol. The van der Waals surface area contributed by atoms with Gasteiger partial charge in [0.05, 0.1) is 11.0 Å². The van der Waals surface area contributed by atoms with Crippen molar-refractivity contribution in [2.24, 2.45) is 0 Å². The molecule has 1 heterocycles. The molecule has 1 saturated carbocycles. The Kier molecular flexibility index (Phi) is 4.48. The number of nitrogens with one attached hydrogen (secondary N) is 1. The topological polar surface area (TPSA) is 104 Å². The minimum Gasteiger partial charge on any atom is -0.477 e. The van der Waals surface area contributed by atoms with Crippen LogP contribution >= 0.6 is 11.3 Å². The number of carboxylic acid groups (broad SMARTS) is 1. The van der Waals surface area contributed by atoms with Crippen molar-refractivity contribution in [3.63, 3.8) is 0 Å². The number of aliphatic hydroxyl groups is 1. The lowest BCUT2D eigenvalue weighted by Crippen LogP contribution is -2.38. The Hall–Kier alpha value is -0.960. The van der Waals surface area contributed by atoms with E-state index in [-0.39, 0.29) is 21.9 Å². The predicted octanol–water partition coefficient (Wildman–Crippen LogP) is 1.34. The van der Waals surface area contributed by atoms with Crippen LogP contribution in [-0.2, 0) is 10.0 Å². The van der Waals surface area contributed by atoms with E-state index in [0.717, 1.165) is 11.3 Å². The van der Waals surface area contributed by atoms with Crippen LogP contribution in [0.15, 0.2) is 11.0 Å². The highest BCUT2D eigenvalue weighted by Gasteiger charge is 2.27. The van der Waals surface area contributed by atoms with Gasteiger partial charge in [0.1, 0.15) is 4.88 Å². The summed E-state index contributed by atoms with van der Waals surface area (Å²) in [6, 6.07) is 0.999. The second-order valence-electron chi connectivity index (χ2n) is 4.96. The monoisotopic (exact) mass is 319 g/mol. The lowest BCUT2D eigenvalue weighted by atomic mass is 9.94. The summed E-state index contributed by atoms with van der Waals surface area (Å²) in [7, 11) is -3.71. The molecule has 0 radical (unpaired) electrons. The average Bonchev–Trinajstić information content (AvgIpc) is 2.75. The standard InChI is InChI=1S/C12H17NO5S2/c1-7-11(6-10(19-7)12(15)16)20(17,18)13-8-2-4-9(14)5-3-8/h6,8-9,13-14H,2-5H2,1H3,(H,15,16). The lowest BCUT2D eigenvalue weighted by Gasteiger charge is -2.25. The van der Waals surface area contributed by atoms with Crippen molar-refractivity contribution in [2.45, 2.75) is 49.6 Å². The average molecular weight is 319 g/mol. The number of thiophene rings is 1. The number of aryl methyl sites for hydroxylation is 1. The van der Waals surface area contributed by atoms with Gasteiger partial charge in [0.2, 0.25) is 10.0 Å². The van der Waals surface area contributed by atoms with Crippen LogP contribution in [0.1, 0.15) is 40.2 Å². The van der Waals surface area contributed by atoms with Gasteiger partial charge < -0.3 is 10.2 Å². The van der Waals surface area contributed by atoms with Crippen LogP contribution in [0, 0.1) is 6.92 Å². The van der Waals surface area contributed by atoms with E-state index in [0.29, 0.717) is 30.6 Å². The summed E-state index contributed by atoms with van der Waals surface area (Å²) < 4.78 is 27.2. The highest BCUT2D eigenvalue weighted by molar-refractivity contribution is 7.89. The van der Waals surface area contributed by atoms with Gasteiger partial charge in [0, 0.05) is 10.9 Å². The molecule has 1 aromatic rings. The first-order valence-electron chi connectivity index (χ1n) is 6.33. The molecule has 2 rings (SSSR count). The molecule has 0 unspecified atom stereocenters. The Morgan fingerprint density at radius 2 is 1.95 bits per heavy atom. The third kappa shape index (κ3) is 3.38. The molecule has 0 bridgehead atoms. The number of carboxylic acids is 1. The third-order valence-electron chi connectivity index (χ3n) is 3.39. The van der Waals surface area contributed by atoms with Gasteiger partial charge in [0.15, 0.2) is 0 Å². The molecule has 112 valence electrons. The molecule has 8 heteroatoms. The Labute approximate surface area is 121 Å². The summed E-state index contributed by atoms with van der Waals surface area (Å²) >= 11 is 0.953. The number of aliphatic hydroxyl groups excluding tert-OH is 1. The molecule has 0 spiro atoms. The quantitative estimate of drug-likeness (QED) is 0.777. The summed E-state index contributed by atoms with van der Waals surface area (Å²) in [4.78, 5) is 11.4. The molecule has 20 heavy (non-hydrogen) atoms. The van der Waals surface area contributed by atoms with Gasteiger partial charge in [-0.1, -0.05) is 0 Å². The summed E-state index contributed by atoms with van der Waals surface area (Å²) in [6.07, 6.45) is 1.99. The summed E-state index contributed by atoms with van der Waals surface area (Å²) in [6.45, 7) is 1.59. The molecule has 0 amide bonds. The lowest BCUT2D eigenvalue weighted by molar-refractivity contribution is 0.0702. The highest BCUT2D eigenvalue weighted by atomic mass is 32.2. The zero-order valence-corrected chi connectivity index (χ0v) is 12.6. The van der Waals surface area contributed by atoms with Gasteiger partial charge in [-0.15, -0.1) is 11.3 Å². The highest BCUT2D eigenvalue weighted by Crippen LogP contribution is 2.27. The third-order valence-corrected chi connectivity index (χ3v) is 6.21. The number of hydrogen-bond acceptors (Lipinski definition) is 5. The molecule has 3 N–H and O–H groups in total. The minimum atomic E-state index is -3.71. The fraction of sp³-hybridized carbons (Fsp3) is 0.583. The van der Waals surface area contributed by atoms with E-state index < -0.39 is 16.0 Å². The van der Waals surface area contributed by atoms with Gasteiger partial charge in [-0.2, -0.15) is 0 Å². The van der Waals surface area contributed by atoms with E-state index in [1.807, 2.05) is 0 Å². The largest absolute Gasteiger partial charge is 0.477 e. The Morgan fingerprint density at radius 3 is 2.45 bits per heavy atom. The number of sulfonamides is 1. The molecule has 1 aromatic heterocycles. The van der Waals surface area contributed by atoms with E-state index in [4.69, 9.17) is 5.11 Å². The minimum absolute atomic E-state index is 0.0157. The maximum Gasteiger partial charge on any atom is 0.345 e. The van der Waals surface area contributed by atoms with Crippen molar-refractivity contribution in [1.29, 1.82) is 0 Å². The molecule has 6 nitrogen and oxygen atoms in total. The molecule has 0 atom stereocenters. The first-order chi connectivity index (χ1) is 9.29. The maximum atomic E-state index is 12.3. The van der Waals surface area contributed by atoms with Gasteiger partial charge >= 0.3 is 5.97 Å². The number of hydrogen-bond donors (Lipinski definition) is 3. The smallest absolute Gasteiger partial charge is 0.345 e. The molecular formula is C12H17NO5S2. The van der Waals surface area contributed by atoms with E-state index in [9.17, 15) is 18.3 Å². The SMILES string of the molecule is Cc1sc(C(=O)O)cc1S(=O)(=O)NC1CCC(O)CC1. The normalized spacial score (nSPS) is 23.7. The van der Waals surface area contributed by atoms with E-state index >= 15 is 0 Å². The van der Waals surface area contributed by atoms with Crippen LogP contribution in [0.4, 0.5) is 0 Å². The van der Waals surface area contributed by atoms with Gasteiger partial charge in [0.25, 0.3) is 0 Å². The van der Waals surface area contributed by atoms with Crippen molar-refractivity contribution in [1.82, 2.24) is 4.72 Å². The van der Waals surface area contributed by atoms with Crippen molar-refractivity contribution < 1.29 is 23.4 Å². The molecule has 0 aliphatic heterocycles. The van der Waals surface area contributed by atoms with Crippen molar-refractivity contribution in [3.05, 3.63) is 15.8 Å². The fourth-order valence-corrected chi connectivity index (χ4v) is 5.05. The summed E-state index contributed by atoms with van der Waals surface area (Å²) in [5.41, 5.74) is 0. The second-order valence-corrected chi connectivity index (χ2v) is 7.90. The van der Waals surface area contributed by atoms with Crippen LogP contribution in [0.25, 0.3) is 0 Å². The molecular weight excluding hydrogens is 302 g/mol. The number of rotatable bonds is 4. The van der Waals surface area contributed by atoms with Crippen LogP contribution in [-0.4, -0.2) is 36.7 Å². The van der Waals surface area contributed by atoms with Crippen molar-refractivity contribution in [2.75, 3.05) is 0 Å². The van der Waals surface area contributed by atoms with Crippen LogP contribution in [0.2, 0.25) is 0 Å². The zero-order chi connectivity index (χ0) is 14.9. The van der Waals surface area contributed by atoms with E-state index in [1.165, 1.54) is 6.07 Å². The van der Waals surface area contributed by atoms with Gasteiger partial charge in [-0.05, 0) is 38.7 Å². The van der Waals surface area contributed by atoms with Crippen LogP contribution in [0.5, 0.6) is 0 Å². The van der Waals surface area contributed by atoms with Crippen molar-refractivity contribution in [3.8, 4) is 0 Å². The van der Waals surface area contributed by atoms with Gasteiger partial charge in [-0.25, -0.2) is 17.9 Å². The summed E-state index contributed by atoms with van der Waals surface area (Å²) in [5.74, 6) is -1.12. The number of aromatic carboxylic acids is 1. The fourth-order valence-electron chi connectivity index (χ4n) is 2.31. The number of carbonyl (C=O) groups is 1. The summed E-state index contributed by atoms with van der Waals surface area (Å²) in [5, 5.41) is 18.3. The Morgan fingerprint density at radius 1 is 1.35 bits per heavy atom. The van der Waals surface area contributed by atoms with Gasteiger partial charge in [-0.3, -0.25) is 0 Å². The van der Waals surface area contributed by atoms with E-state index in [1.54, 1.807) is 6.92 Å². The molecule has 1 aliphatic rings. The Balaban J connectivity index is 2.16. The molecule has 1 fully saturated rings. The second kappa shape index (κ2) is 5.80. The van der Waals surface area contributed by atoms with Crippen molar-refractivity contribution >= 4 is 27.3 Å². The zero-order valence-electron chi connectivity index (χ0n) is 11.0. The van der Waals surface area contributed by atoms with Crippen LogP contribution in [0.3, 0.4) is 0 Å².